The Balaban J connectivity index is 5.61. The van der Waals surface area contributed by atoms with E-state index in [1.165, 1.54) is 0 Å². The maximum absolute atomic E-state index is 12.9. The van der Waals surface area contributed by atoms with Crippen LogP contribution in [0.25, 0.3) is 0 Å². The number of rotatable bonds is 5. The quantitative estimate of drug-likeness (QED) is 0.331. The van der Waals surface area contributed by atoms with E-state index < -0.39 is 16.6 Å². The topological polar surface area (TPSA) is 35.5 Å². The van der Waals surface area contributed by atoms with E-state index in [9.17, 15) is 4.79 Å². The van der Waals surface area contributed by atoms with Crippen molar-refractivity contribution in [3.63, 3.8) is 0 Å². The zero-order chi connectivity index (χ0) is 18.9. The van der Waals surface area contributed by atoms with E-state index in [1.807, 2.05) is 13.8 Å². The Kier molecular flexibility index (Phi) is 6.96. The van der Waals surface area contributed by atoms with Crippen molar-refractivity contribution in [1.82, 2.24) is 0 Å². The van der Waals surface area contributed by atoms with E-state index in [-0.39, 0.29) is 16.0 Å². The first-order chi connectivity index (χ1) is 9.96. The molecule has 0 unspecified atom stereocenters. The molecule has 0 radical (unpaired) electrons. The number of allylic oxidation sites excluding steroid dienone is 1. The molecular formula is C18H38O3Si2. The van der Waals surface area contributed by atoms with Crippen molar-refractivity contribution in [2.24, 2.45) is 0 Å². The largest absolute Gasteiger partial charge is 0.539 e. The summed E-state index contributed by atoms with van der Waals surface area (Å²) in [6, 6.07) is 0. The zero-order valence-electron chi connectivity index (χ0n) is 17.4. The smallest absolute Gasteiger partial charge is 0.358 e. The Hall–Kier alpha value is -0.556. The van der Waals surface area contributed by atoms with E-state index in [0.717, 1.165) is 12.0 Å². The summed E-state index contributed by atoms with van der Waals surface area (Å²) in [7, 11) is -4.23. The predicted molar refractivity (Wildman–Crippen MR) is 105 cm³/mol. The Morgan fingerprint density at radius 1 is 0.826 bits per heavy atom. The van der Waals surface area contributed by atoms with Gasteiger partial charge >= 0.3 is 5.97 Å². The summed E-state index contributed by atoms with van der Waals surface area (Å²) >= 11 is 0. The van der Waals surface area contributed by atoms with Gasteiger partial charge in [-0.05, 0) is 55.2 Å². The van der Waals surface area contributed by atoms with Crippen LogP contribution in [0.2, 0.25) is 36.3 Å². The zero-order valence-corrected chi connectivity index (χ0v) is 19.4. The molecule has 0 aliphatic heterocycles. The number of hydrogen-bond acceptors (Lipinski definition) is 3. The molecule has 5 heteroatoms. The van der Waals surface area contributed by atoms with Gasteiger partial charge in [0.25, 0.3) is 16.6 Å². The molecule has 0 aliphatic carbocycles. The maximum atomic E-state index is 12.9. The summed E-state index contributed by atoms with van der Waals surface area (Å²) in [6.45, 7) is 25.5. The molecule has 0 bridgehead atoms. The minimum atomic E-state index is -2.16. The maximum Gasteiger partial charge on any atom is 0.358 e. The van der Waals surface area contributed by atoms with Gasteiger partial charge in [0, 0.05) is 0 Å². The molecule has 0 saturated heterocycles. The number of carbonyl (C=O) groups excluding carboxylic acids is 1. The van der Waals surface area contributed by atoms with Crippen molar-refractivity contribution >= 4 is 22.6 Å². The monoisotopic (exact) mass is 358 g/mol. The molecule has 0 spiro atoms. The minimum Gasteiger partial charge on any atom is -0.539 e. The normalized spacial score (nSPS) is 15.1. The van der Waals surface area contributed by atoms with Crippen LogP contribution in [0.15, 0.2) is 11.3 Å². The highest BCUT2D eigenvalue weighted by molar-refractivity contribution is 6.76. The standard InChI is InChI=1S/C18H38O3Si2/c1-13-14(2)15(20-22(9,10)17(3,4)5)16(19)21-23(11,12)18(6,7)8/h13H2,1-12H3/b15-14-. The average Bonchev–Trinajstić information content (AvgIpc) is 2.31. The third kappa shape index (κ3) is 5.78. The van der Waals surface area contributed by atoms with Crippen LogP contribution in [-0.2, 0) is 13.6 Å². The molecule has 0 heterocycles. The fourth-order valence-corrected chi connectivity index (χ4v) is 3.24. The van der Waals surface area contributed by atoms with Crippen LogP contribution in [0.5, 0.6) is 0 Å². The van der Waals surface area contributed by atoms with Gasteiger partial charge in [-0.15, -0.1) is 0 Å². The van der Waals surface area contributed by atoms with Crippen LogP contribution < -0.4 is 0 Å². The van der Waals surface area contributed by atoms with E-state index in [0.29, 0.717) is 5.76 Å². The van der Waals surface area contributed by atoms with Gasteiger partial charge in [-0.1, -0.05) is 48.5 Å². The summed E-state index contributed by atoms with van der Waals surface area (Å²) in [5, 5.41) is 0.0361. The molecule has 136 valence electrons. The number of carbonyl (C=O) groups is 1. The Labute approximate surface area is 146 Å². The lowest BCUT2D eigenvalue weighted by molar-refractivity contribution is -0.133. The lowest BCUT2D eigenvalue weighted by atomic mass is 10.2. The van der Waals surface area contributed by atoms with Gasteiger partial charge in [-0.25, -0.2) is 4.79 Å². The molecule has 0 fully saturated rings. The first-order valence-corrected chi connectivity index (χ1v) is 14.4. The highest BCUT2D eigenvalue weighted by Gasteiger charge is 2.44. The Morgan fingerprint density at radius 3 is 1.48 bits per heavy atom. The molecule has 0 rings (SSSR count). The molecule has 0 N–H and O–H groups in total. The lowest BCUT2D eigenvalue weighted by Gasteiger charge is -2.39. The third-order valence-corrected chi connectivity index (χ3v) is 14.1. The SMILES string of the molecule is CC/C(C)=C(\O[Si](C)(C)C(C)(C)C)C(=O)O[Si](C)(C)C(C)(C)C. The van der Waals surface area contributed by atoms with E-state index >= 15 is 0 Å². The van der Waals surface area contributed by atoms with E-state index in [1.54, 1.807) is 0 Å². The predicted octanol–water partition coefficient (Wildman–Crippen LogP) is 6.24. The second kappa shape index (κ2) is 7.13. The van der Waals surface area contributed by atoms with Crippen molar-refractivity contribution in [2.75, 3.05) is 0 Å². The number of hydrogen-bond donors (Lipinski definition) is 0. The molecule has 0 amide bonds. The summed E-state index contributed by atoms with van der Waals surface area (Å²) in [4.78, 5) is 12.9. The average molecular weight is 359 g/mol. The van der Waals surface area contributed by atoms with Gasteiger partial charge in [-0.3, -0.25) is 0 Å². The van der Waals surface area contributed by atoms with Crippen molar-refractivity contribution in [2.45, 2.75) is 98.1 Å². The van der Waals surface area contributed by atoms with Crippen LogP contribution in [0, 0.1) is 0 Å². The molecule has 0 aromatic carbocycles. The van der Waals surface area contributed by atoms with Crippen LogP contribution in [0.3, 0.4) is 0 Å². The molecule has 0 aromatic heterocycles. The van der Waals surface area contributed by atoms with Crippen molar-refractivity contribution in [1.29, 1.82) is 0 Å². The van der Waals surface area contributed by atoms with Gasteiger partial charge in [0.2, 0.25) is 0 Å². The second-order valence-corrected chi connectivity index (χ2v) is 18.9. The van der Waals surface area contributed by atoms with E-state index in [4.69, 9.17) is 8.85 Å². The molecule has 0 atom stereocenters. The van der Waals surface area contributed by atoms with Gasteiger partial charge in [-0.2, -0.15) is 0 Å². The van der Waals surface area contributed by atoms with Crippen LogP contribution >= 0.6 is 0 Å². The Bertz CT molecular complexity index is 464. The fraction of sp³-hybridized carbons (Fsp3) is 0.833. The van der Waals surface area contributed by atoms with E-state index in [2.05, 4.69) is 67.7 Å². The van der Waals surface area contributed by atoms with Crippen LogP contribution in [-0.4, -0.2) is 22.6 Å². The van der Waals surface area contributed by atoms with Gasteiger partial charge < -0.3 is 8.85 Å². The molecular weight excluding hydrogens is 320 g/mol. The van der Waals surface area contributed by atoms with Crippen molar-refractivity contribution in [3.05, 3.63) is 11.3 Å². The molecule has 0 saturated carbocycles. The fourth-order valence-electron chi connectivity index (χ4n) is 1.30. The first kappa shape index (κ1) is 22.4. The van der Waals surface area contributed by atoms with Crippen molar-refractivity contribution in [3.8, 4) is 0 Å². The van der Waals surface area contributed by atoms with Gasteiger partial charge in [0.05, 0.1) is 0 Å². The summed E-state index contributed by atoms with van der Waals surface area (Å²) < 4.78 is 12.3. The Morgan fingerprint density at radius 2 is 1.17 bits per heavy atom. The van der Waals surface area contributed by atoms with Crippen LogP contribution in [0.1, 0.15) is 61.8 Å². The highest BCUT2D eigenvalue weighted by atomic mass is 28.4. The third-order valence-electron chi connectivity index (χ3n) is 5.42. The van der Waals surface area contributed by atoms with Gasteiger partial charge in [0.1, 0.15) is 0 Å². The summed E-state index contributed by atoms with van der Waals surface area (Å²) in [5.74, 6) is 0.171. The molecule has 0 aromatic rings. The summed E-state index contributed by atoms with van der Waals surface area (Å²) in [5.41, 5.74) is 0.971. The van der Waals surface area contributed by atoms with Gasteiger partial charge in [0.15, 0.2) is 5.76 Å². The molecule has 0 aliphatic rings. The van der Waals surface area contributed by atoms with Crippen LogP contribution in [0.4, 0.5) is 0 Å². The summed E-state index contributed by atoms with van der Waals surface area (Å²) in [6.07, 6.45) is 0.788. The minimum absolute atomic E-state index is 0.00906. The highest BCUT2D eigenvalue weighted by Crippen LogP contribution is 2.40. The molecule has 3 nitrogen and oxygen atoms in total. The lowest BCUT2D eigenvalue weighted by Crippen LogP contribution is -2.45. The second-order valence-electron chi connectivity index (χ2n) is 9.48. The molecule has 23 heavy (non-hydrogen) atoms. The van der Waals surface area contributed by atoms with Crippen molar-refractivity contribution < 1.29 is 13.6 Å². The first-order valence-electron chi connectivity index (χ1n) is 8.58.